The Hall–Kier alpha value is -1.62. The molecular weight excluding hydrogens is 297 g/mol. The lowest BCUT2D eigenvalue weighted by molar-refractivity contribution is 0.628. The predicted molar refractivity (Wildman–Crippen MR) is 75.5 cm³/mol. The first kappa shape index (κ1) is 12.8. The number of aromatic nitrogens is 1. The van der Waals surface area contributed by atoms with E-state index in [9.17, 15) is 4.39 Å². The average Bonchev–Trinajstić information content (AvgIpc) is 2.36. The van der Waals surface area contributed by atoms with Gasteiger partial charge in [0.1, 0.15) is 11.6 Å². The maximum Gasteiger partial charge on any atom is 0.147 e. The van der Waals surface area contributed by atoms with E-state index in [1.54, 1.807) is 18.3 Å². The molecule has 2 rings (SSSR count). The van der Waals surface area contributed by atoms with Crippen LogP contribution >= 0.6 is 15.9 Å². The maximum absolute atomic E-state index is 12.9. The second kappa shape index (κ2) is 4.94. The first-order chi connectivity index (χ1) is 8.50. The summed E-state index contributed by atoms with van der Waals surface area (Å²) in [7, 11) is 1.87. The van der Waals surface area contributed by atoms with Crippen LogP contribution in [0, 0.1) is 12.7 Å². The summed E-state index contributed by atoms with van der Waals surface area (Å²) in [6, 6.07) is 6.25. The van der Waals surface area contributed by atoms with Gasteiger partial charge in [0.25, 0.3) is 0 Å². The minimum absolute atomic E-state index is 0.257. The van der Waals surface area contributed by atoms with Gasteiger partial charge in [0, 0.05) is 12.7 Å². The van der Waals surface area contributed by atoms with Crippen molar-refractivity contribution in [2.24, 2.45) is 0 Å². The monoisotopic (exact) mass is 309 g/mol. The molecule has 0 atom stereocenters. The zero-order valence-corrected chi connectivity index (χ0v) is 11.7. The molecule has 0 spiro atoms. The summed E-state index contributed by atoms with van der Waals surface area (Å²) in [5, 5.41) is 0. The lowest BCUT2D eigenvalue weighted by Crippen LogP contribution is -2.13. The minimum Gasteiger partial charge on any atom is -0.397 e. The third kappa shape index (κ3) is 2.31. The number of hydrogen-bond donors (Lipinski definition) is 1. The Bertz CT molecular complexity index is 569. The van der Waals surface area contributed by atoms with Gasteiger partial charge >= 0.3 is 0 Å². The van der Waals surface area contributed by atoms with Gasteiger partial charge in [-0.05, 0) is 52.7 Å². The number of nitrogens with two attached hydrogens (primary N) is 1. The van der Waals surface area contributed by atoms with Gasteiger partial charge in [0.05, 0.1) is 16.4 Å². The second-order valence-electron chi connectivity index (χ2n) is 4.01. The number of pyridine rings is 1. The van der Waals surface area contributed by atoms with Gasteiger partial charge in [0.2, 0.25) is 0 Å². The van der Waals surface area contributed by atoms with E-state index in [4.69, 9.17) is 5.73 Å². The number of nitrogen functional groups attached to an aromatic ring is 1. The number of rotatable bonds is 2. The smallest absolute Gasteiger partial charge is 0.147 e. The molecule has 1 aromatic carbocycles. The highest BCUT2D eigenvalue weighted by Crippen LogP contribution is 2.33. The molecule has 0 aliphatic heterocycles. The third-order valence-electron chi connectivity index (χ3n) is 2.82. The molecule has 0 aliphatic rings. The Morgan fingerprint density at radius 3 is 2.50 bits per heavy atom. The van der Waals surface area contributed by atoms with Gasteiger partial charge in [-0.3, -0.25) is 0 Å². The van der Waals surface area contributed by atoms with E-state index in [1.807, 2.05) is 18.9 Å². The molecule has 0 bridgehead atoms. The van der Waals surface area contributed by atoms with Crippen LogP contribution in [-0.4, -0.2) is 12.0 Å². The highest BCUT2D eigenvalue weighted by molar-refractivity contribution is 9.10. The van der Waals surface area contributed by atoms with Gasteiger partial charge in [0.15, 0.2) is 0 Å². The summed E-state index contributed by atoms with van der Waals surface area (Å²) in [6.07, 6.45) is 1.62. The summed E-state index contributed by atoms with van der Waals surface area (Å²) in [6.45, 7) is 1.92. The van der Waals surface area contributed by atoms with Gasteiger partial charge in [-0.2, -0.15) is 0 Å². The number of nitrogens with zero attached hydrogens (tertiary/aromatic N) is 2. The van der Waals surface area contributed by atoms with E-state index >= 15 is 0 Å². The molecule has 1 heterocycles. The second-order valence-corrected chi connectivity index (χ2v) is 4.80. The normalized spacial score (nSPS) is 10.4. The number of anilines is 3. The molecule has 0 unspecified atom stereocenters. The van der Waals surface area contributed by atoms with Crippen LogP contribution in [0.2, 0.25) is 0 Å². The molecule has 0 aliphatic carbocycles. The van der Waals surface area contributed by atoms with E-state index in [0.717, 1.165) is 21.5 Å². The number of hydrogen-bond acceptors (Lipinski definition) is 3. The SMILES string of the molecule is Cc1c(N)cnc(N(C)c2ccc(F)cc2)c1Br. The highest BCUT2D eigenvalue weighted by atomic mass is 79.9. The fourth-order valence-corrected chi connectivity index (χ4v) is 2.20. The Kier molecular flexibility index (Phi) is 3.52. The van der Waals surface area contributed by atoms with Crippen LogP contribution in [0.3, 0.4) is 0 Å². The first-order valence-corrected chi connectivity index (χ1v) is 6.20. The molecule has 1 aromatic heterocycles. The summed E-state index contributed by atoms with van der Waals surface area (Å²) < 4.78 is 13.7. The van der Waals surface area contributed by atoms with Crippen molar-refractivity contribution < 1.29 is 4.39 Å². The Morgan fingerprint density at radius 2 is 1.89 bits per heavy atom. The standard InChI is InChI=1S/C13H13BrFN3/c1-8-11(16)7-17-13(12(8)14)18(2)10-5-3-9(15)4-6-10/h3-7H,16H2,1-2H3. The van der Waals surface area contributed by atoms with Crippen LogP contribution < -0.4 is 10.6 Å². The Morgan fingerprint density at radius 1 is 1.28 bits per heavy atom. The molecule has 94 valence electrons. The van der Waals surface area contributed by atoms with E-state index < -0.39 is 0 Å². The molecule has 0 amide bonds. The van der Waals surface area contributed by atoms with Crippen molar-refractivity contribution in [1.29, 1.82) is 0 Å². The largest absolute Gasteiger partial charge is 0.397 e. The van der Waals surface area contributed by atoms with Crippen LogP contribution in [0.1, 0.15) is 5.56 Å². The lowest BCUT2D eigenvalue weighted by Gasteiger charge is -2.21. The van der Waals surface area contributed by atoms with E-state index in [-0.39, 0.29) is 5.82 Å². The van der Waals surface area contributed by atoms with Gasteiger partial charge in [-0.15, -0.1) is 0 Å². The van der Waals surface area contributed by atoms with Crippen molar-refractivity contribution in [3.63, 3.8) is 0 Å². The molecule has 0 saturated carbocycles. The maximum atomic E-state index is 12.9. The number of benzene rings is 1. The minimum atomic E-state index is -0.257. The molecule has 0 saturated heterocycles. The molecule has 2 N–H and O–H groups in total. The Labute approximate surface area is 114 Å². The van der Waals surface area contributed by atoms with Crippen molar-refractivity contribution in [2.45, 2.75) is 6.92 Å². The highest BCUT2D eigenvalue weighted by Gasteiger charge is 2.13. The predicted octanol–water partition coefficient (Wildman–Crippen LogP) is 3.64. The lowest BCUT2D eigenvalue weighted by atomic mass is 10.2. The molecule has 0 fully saturated rings. The van der Waals surface area contributed by atoms with Crippen LogP contribution in [0.4, 0.5) is 21.6 Å². The van der Waals surface area contributed by atoms with Crippen LogP contribution in [0.25, 0.3) is 0 Å². The van der Waals surface area contributed by atoms with E-state index in [0.29, 0.717) is 5.69 Å². The van der Waals surface area contributed by atoms with Crippen molar-refractivity contribution in [1.82, 2.24) is 4.98 Å². The van der Waals surface area contributed by atoms with E-state index in [2.05, 4.69) is 20.9 Å². The molecule has 0 radical (unpaired) electrons. The molecule has 18 heavy (non-hydrogen) atoms. The summed E-state index contributed by atoms with van der Waals surface area (Å²) in [4.78, 5) is 6.17. The fraction of sp³-hybridized carbons (Fsp3) is 0.154. The van der Waals surface area contributed by atoms with Crippen molar-refractivity contribution in [3.05, 3.63) is 46.3 Å². The van der Waals surface area contributed by atoms with Crippen LogP contribution in [0.15, 0.2) is 34.9 Å². The summed E-state index contributed by atoms with van der Waals surface area (Å²) in [5.41, 5.74) is 8.22. The summed E-state index contributed by atoms with van der Waals surface area (Å²) in [5.74, 6) is 0.487. The van der Waals surface area contributed by atoms with Gasteiger partial charge < -0.3 is 10.6 Å². The molecule has 5 heteroatoms. The fourth-order valence-electron chi connectivity index (χ4n) is 1.60. The molecule has 2 aromatic rings. The van der Waals surface area contributed by atoms with Crippen molar-refractivity contribution in [2.75, 3.05) is 17.7 Å². The van der Waals surface area contributed by atoms with Crippen LogP contribution in [0.5, 0.6) is 0 Å². The first-order valence-electron chi connectivity index (χ1n) is 5.40. The Balaban J connectivity index is 2.43. The molecule has 3 nitrogen and oxygen atoms in total. The van der Waals surface area contributed by atoms with E-state index in [1.165, 1.54) is 12.1 Å². The zero-order chi connectivity index (χ0) is 13.3. The van der Waals surface area contributed by atoms with Crippen molar-refractivity contribution in [3.8, 4) is 0 Å². The molecular formula is C13H13BrFN3. The number of halogens is 2. The topological polar surface area (TPSA) is 42.1 Å². The average molecular weight is 310 g/mol. The zero-order valence-electron chi connectivity index (χ0n) is 10.1. The van der Waals surface area contributed by atoms with Crippen molar-refractivity contribution >= 4 is 33.1 Å². The van der Waals surface area contributed by atoms with Gasteiger partial charge in [-0.1, -0.05) is 0 Å². The van der Waals surface area contributed by atoms with Gasteiger partial charge in [-0.25, -0.2) is 9.37 Å². The third-order valence-corrected chi connectivity index (χ3v) is 3.77. The quantitative estimate of drug-likeness (QED) is 0.921. The van der Waals surface area contributed by atoms with Crippen LogP contribution in [-0.2, 0) is 0 Å². The summed E-state index contributed by atoms with van der Waals surface area (Å²) >= 11 is 3.49.